The second-order valence-electron chi connectivity index (χ2n) is 9.70. The molecule has 0 bridgehead atoms. The average Bonchev–Trinajstić information content (AvgIpc) is 2.76. The highest BCUT2D eigenvalue weighted by molar-refractivity contribution is 6.02. The Hall–Kier alpha value is -2.11. The molecule has 0 saturated heterocycles. The summed E-state index contributed by atoms with van der Waals surface area (Å²) in [5, 5.41) is 2.75. The van der Waals surface area contributed by atoms with Crippen LogP contribution in [0.1, 0.15) is 75.3 Å². The molecule has 1 aromatic heterocycles. The lowest BCUT2D eigenvalue weighted by molar-refractivity contribution is -0.127. The number of Topliss-reactive ketones (excluding diaryl/α,β-unsaturated/α-hetero) is 1. The van der Waals surface area contributed by atoms with Crippen molar-refractivity contribution in [2.75, 3.05) is 0 Å². The SMILES string of the molecule is Cc1c(CC(=O)N[C@H](C(N)=O)C(C)C)c2c(n1CC(C)C)CC(C)(C)CC2=O. The van der Waals surface area contributed by atoms with E-state index in [0.29, 0.717) is 17.9 Å². The number of primary amides is 1. The number of nitrogens with two attached hydrogens (primary N) is 1. The molecule has 28 heavy (non-hydrogen) atoms. The first-order valence-electron chi connectivity index (χ1n) is 10.2. The van der Waals surface area contributed by atoms with Crippen LogP contribution in [0.4, 0.5) is 0 Å². The van der Waals surface area contributed by atoms with E-state index in [4.69, 9.17) is 5.73 Å². The van der Waals surface area contributed by atoms with Gasteiger partial charge in [-0.2, -0.15) is 0 Å². The molecule has 3 N–H and O–H groups in total. The molecule has 1 aliphatic rings. The third-order valence-electron chi connectivity index (χ3n) is 5.50. The lowest BCUT2D eigenvalue weighted by Crippen LogP contribution is -2.48. The van der Waals surface area contributed by atoms with E-state index >= 15 is 0 Å². The van der Waals surface area contributed by atoms with Gasteiger partial charge in [0.05, 0.1) is 6.42 Å². The van der Waals surface area contributed by atoms with Crippen LogP contribution in [-0.4, -0.2) is 28.2 Å². The van der Waals surface area contributed by atoms with Crippen molar-refractivity contribution in [3.63, 3.8) is 0 Å². The van der Waals surface area contributed by atoms with Crippen LogP contribution in [0.2, 0.25) is 0 Å². The molecule has 0 saturated carbocycles. The van der Waals surface area contributed by atoms with E-state index in [1.807, 2.05) is 20.8 Å². The second-order valence-corrected chi connectivity index (χ2v) is 9.70. The van der Waals surface area contributed by atoms with Crippen LogP contribution in [-0.2, 0) is 29.0 Å². The first-order chi connectivity index (χ1) is 12.8. The van der Waals surface area contributed by atoms with Crippen molar-refractivity contribution in [3.05, 3.63) is 22.5 Å². The third-order valence-corrected chi connectivity index (χ3v) is 5.50. The Bertz CT molecular complexity index is 787. The molecule has 1 aromatic rings. The summed E-state index contributed by atoms with van der Waals surface area (Å²) in [5.74, 6) is -0.378. The van der Waals surface area contributed by atoms with Crippen molar-refractivity contribution >= 4 is 17.6 Å². The molecule has 6 nitrogen and oxygen atoms in total. The van der Waals surface area contributed by atoms with Crippen molar-refractivity contribution in [2.24, 2.45) is 23.0 Å². The van der Waals surface area contributed by atoms with E-state index in [-0.39, 0.29) is 29.4 Å². The molecule has 0 unspecified atom stereocenters. The minimum atomic E-state index is -0.712. The number of aromatic nitrogens is 1. The number of hydrogen-bond donors (Lipinski definition) is 2. The highest BCUT2D eigenvalue weighted by atomic mass is 16.2. The summed E-state index contributed by atoms with van der Waals surface area (Å²) in [6, 6.07) is -0.712. The second kappa shape index (κ2) is 8.10. The van der Waals surface area contributed by atoms with Gasteiger partial charge >= 0.3 is 0 Å². The molecule has 0 fully saturated rings. The molecule has 6 heteroatoms. The predicted octanol–water partition coefficient (Wildman–Crippen LogP) is 2.78. The molecule has 2 amide bonds. The number of fused-ring (bicyclic) bond motifs is 1. The Morgan fingerprint density at radius 1 is 1.18 bits per heavy atom. The number of amides is 2. The lowest BCUT2D eigenvalue weighted by Gasteiger charge is -2.30. The van der Waals surface area contributed by atoms with E-state index in [2.05, 4.69) is 37.6 Å². The minimum absolute atomic E-state index is 0.0852. The minimum Gasteiger partial charge on any atom is -0.368 e. The Morgan fingerprint density at radius 3 is 2.29 bits per heavy atom. The number of carbonyl (C=O) groups excluding carboxylic acids is 3. The fourth-order valence-electron chi connectivity index (χ4n) is 4.19. The first kappa shape index (κ1) is 22.2. The maximum absolute atomic E-state index is 13.0. The van der Waals surface area contributed by atoms with Crippen LogP contribution in [0.3, 0.4) is 0 Å². The van der Waals surface area contributed by atoms with Crippen molar-refractivity contribution in [1.29, 1.82) is 0 Å². The third kappa shape index (κ3) is 4.65. The molecule has 1 heterocycles. The van der Waals surface area contributed by atoms with Crippen LogP contribution < -0.4 is 11.1 Å². The molecule has 1 aliphatic carbocycles. The molecule has 0 radical (unpaired) electrons. The van der Waals surface area contributed by atoms with E-state index in [1.165, 1.54) is 0 Å². The van der Waals surface area contributed by atoms with Crippen molar-refractivity contribution in [2.45, 2.75) is 80.3 Å². The fourth-order valence-corrected chi connectivity index (χ4v) is 4.19. The largest absolute Gasteiger partial charge is 0.368 e. The molecule has 0 aliphatic heterocycles. The summed E-state index contributed by atoms with van der Waals surface area (Å²) in [5.41, 5.74) is 8.86. The normalized spacial score (nSPS) is 17.0. The smallest absolute Gasteiger partial charge is 0.240 e. The highest BCUT2D eigenvalue weighted by Gasteiger charge is 2.37. The molecule has 1 atom stereocenters. The van der Waals surface area contributed by atoms with Gasteiger partial charge in [0.15, 0.2) is 5.78 Å². The van der Waals surface area contributed by atoms with Crippen LogP contribution in [0.25, 0.3) is 0 Å². The molecule has 0 spiro atoms. The number of rotatable bonds is 7. The van der Waals surface area contributed by atoms with Gasteiger partial charge in [-0.25, -0.2) is 0 Å². The number of hydrogen-bond acceptors (Lipinski definition) is 3. The summed E-state index contributed by atoms with van der Waals surface area (Å²) in [6.07, 6.45) is 1.39. The van der Waals surface area contributed by atoms with Crippen LogP contribution in [0.5, 0.6) is 0 Å². The maximum Gasteiger partial charge on any atom is 0.240 e. The van der Waals surface area contributed by atoms with Gasteiger partial charge in [-0.05, 0) is 36.2 Å². The average molecular weight is 390 g/mol. The molecular formula is C22H35N3O3. The first-order valence-corrected chi connectivity index (χ1v) is 10.2. The molecule has 156 valence electrons. The Balaban J connectivity index is 2.42. The lowest BCUT2D eigenvalue weighted by atomic mass is 9.75. The monoisotopic (exact) mass is 389 g/mol. The van der Waals surface area contributed by atoms with E-state index in [1.54, 1.807) is 0 Å². The number of nitrogens with zero attached hydrogens (tertiary/aromatic N) is 1. The summed E-state index contributed by atoms with van der Waals surface area (Å²) >= 11 is 0. The Labute approximate surface area is 168 Å². The van der Waals surface area contributed by atoms with Gasteiger partial charge in [-0.3, -0.25) is 14.4 Å². The zero-order valence-corrected chi connectivity index (χ0v) is 18.3. The van der Waals surface area contributed by atoms with Gasteiger partial charge in [-0.15, -0.1) is 0 Å². The quantitative estimate of drug-likeness (QED) is 0.751. The highest BCUT2D eigenvalue weighted by Crippen LogP contribution is 2.39. The van der Waals surface area contributed by atoms with Crippen LogP contribution in [0, 0.1) is 24.2 Å². The zero-order chi connectivity index (χ0) is 21.4. The summed E-state index contributed by atoms with van der Waals surface area (Å²) in [4.78, 5) is 37.3. The standard InChI is InChI=1S/C22H35N3O3/c1-12(2)11-25-14(5)15(8-18(27)24-20(13(3)4)21(23)28)19-16(25)9-22(6,7)10-17(19)26/h12-13,20H,8-11H2,1-7H3,(H2,23,28)(H,24,27)/t20-/m0/s1. The fraction of sp³-hybridized carbons (Fsp3) is 0.682. The van der Waals surface area contributed by atoms with Gasteiger partial charge < -0.3 is 15.6 Å². The van der Waals surface area contributed by atoms with Gasteiger partial charge in [-0.1, -0.05) is 41.5 Å². The van der Waals surface area contributed by atoms with E-state index in [0.717, 1.165) is 29.9 Å². The van der Waals surface area contributed by atoms with Gasteiger partial charge in [0.25, 0.3) is 0 Å². The Kier molecular flexibility index (Phi) is 6.41. The topological polar surface area (TPSA) is 94.2 Å². The number of carbonyl (C=O) groups is 3. The van der Waals surface area contributed by atoms with Crippen molar-refractivity contribution < 1.29 is 14.4 Å². The zero-order valence-electron chi connectivity index (χ0n) is 18.3. The van der Waals surface area contributed by atoms with Crippen LogP contribution in [0.15, 0.2) is 0 Å². The maximum atomic E-state index is 13.0. The predicted molar refractivity (Wildman–Crippen MR) is 110 cm³/mol. The van der Waals surface area contributed by atoms with Crippen LogP contribution >= 0.6 is 0 Å². The van der Waals surface area contributed by atoms with Gasteiger partial charge in [0.2, 0.25) is 11.8 Å². The molecular weight excluding hydrogens is 354 g/mol. The van der Waals surface area contributed by atoms with Gasteiger partial charge in [0.1, 0.15) is 6.04 Å². The summed E-state index contributed by atoms with van der Waals surface area (Å²) in [6.45, 7) is 15.0. The van der Waals surface area contributed by atoms with Gasteiger partial charge in [0, 0.05) is 29.9 Å². The molecule has 2 rings (SSSR count). The number of nitrogens with one attached hydrogen (secondary N) is 1. The molecule has 0 aromatic carbocycles. The van der Waals surface area contributed by atoms with E-state index < -0.39 is 11.9 Å². The van der Waals surface area contributed by atoms with Crippen molar-refractivity contribution in [3.8, 4) is 0 Å². The summed E-state index contributed by atoms with van der Waals surface area (Å²) < 4.78 is 2.22. The number of ketones is 1. The summed E-state index contributed by atoms with van der Waals surface area (Å²) in [7, 11) is 0. The van der Waals surface area contributed by atoms with Crippen molar-refractivity contribution in [1.82, 2.24) is 9.88 Å². The van der Waals surface area contributed by atoms with E-state index in [9.17, 15) is 14.4 Å². The Morgan fingerprint density at radius 2 is 1.79 bits per heavy atom.